The molecule has 2 rings (SSSR count). The first kappa shape index (κ1) is 15.6. The number of aryl methyl sites for hydroxylation is 2. The standard InChI is InChI=1S/C13H21N7S/c1-5-7-19(8-6-2)13(21)18-20-10(4)15-16-11-9(3)14-17-12(11)20/h5-8H2,1-4H3,(H,18,21). The van der Waals surface area contributed by atoms with Gasteiger partial charge in [0.1, 0.15) is 5.82 Å². The van der Waals surface area contributed by atoms with E-state index < -0.39 is 0 Å². The Morgan fingerprint density at radius 2 is 1.76 bits per heavy atom. The molecule has 0 aliphatic carbocycles. The van der Waals surface area contributed by atoms with Crippen LogP contribution in [0, 0.1) is 13.8 Å². The van der Waals surface area contributed by atoms with E-state index >= 15 is 0 Å². The topological polar surface area (TPSA) is 71.8 Å². The van der Waals surface area contributed by atoms with Gasteiger partial charge >= 0.3 is 0 Å². The first-order valence-corrected chi connectivity index (χ1v) is 7.60. The summed E-state index contributed by atoms with van der Waals surface area (Å²) in [5.74, 6) is 1.34. The van der Waals surface area contributed by atoms with Gasteiger partial charge in [-0.25, -0.2) is 4.68 Å². The van der Waals surface area contributed by atoms with Gasteiger partial charge in [0.05, 0.1) is 5.69 Å². The summed E-state index contributed by atoms with van der Waals surface area (Å²) in [4.78, 5) is 2.15. The summed E-state index contributed by atoms with van der Waals surface area (Å²) in [7, 11) is 0. The van der Waals surface area contributed by atoms with Gasteiger partial charge in [0, 0.05) is 13.1 Å². The van der Waals surface area contributed by atoms with Gasteiger partial charge in [-0.2, -0.15) is 5.10 Å². The van der Waals surface area contributed by atoms with Gasteiger partial charge in [0.15, 0.2) is 10.8 Å². The number of hydrogen-bond donors (Lipinski definition) is 1. The van der Waals surface area contributed by atoms with Gasteiger partial charge in [-0.15, -0.1) is 15.3 Å². The van der Waals surface area contributed by atoms with Crippen molar-refractivity contribution in [1.29, 1.82) is 0 Å². The van der Waals surface area contributed by atoms with Crippen molar-refractivity contribution >= 4 is 17.3 Å². The van der Waals surface area contributed by atoms with Crippen LogP contribution in [-0.2, 0) is 0 Å². The fourth-order valence-electron chi connectivity index (χ4n) is 2.12. The van der Waals surface area contributed by atoms with Crippen LogP contribution < -0.4 is 5.43 Å². The van der Waals surface area contributed by atoms with Crippen LogP contribution in [0.2, 0.25) is 0 Å². The van der Waals surface area contributed by atoms with E-state index in [-0.39, 0.29) is 0 Å². The van der Waals surface area contributed by atoms with Crippen molar-refractivity contribution in [1.82, 2.24) is 30.0 Å². The number of hydrogen-bond acceptors (Lipinski definition) is 5. The Hall–Kier alpha value is -1.83. The molecule has 0 aromatic carbocycles. The molecule has 0 saturated carbocycles. The fourth-order valence-corrected chi connectivity index (χ4v) is 2.40. The van der Waals surface area contributed by atoms with Crippen LogP contribution in [0.4, 0.5) is 0 Å². The average molecular weight is 307 g/mol. The molecule has 0 aromatic heterocycles. The number of thiocarbonyl (C=S) groups is 1. The van der Waals surface area contributed by atoms with Gasteiger partial charge in [-0.1, -0.05) is 13.8 Å². The van der Waals surface area contributed by atoms with E-state index in [1.54, 1.807) is 4.68 Å². The molecule has 2 heterocycles. The van der Waals surface area contributed by atoms with Gasteiger partial charge in [-0.3, -0.25) is 5.43 Å². The molecule has 0 atom stereocenters. The van der Waals surface area contributed by atoms with Crippen molar-refractivity contribution in [3.05, 3.63) is 11.5 Å². The molecule has 114 valence electrons. The van der Waals surface area contributed by atoms with E-state index in [9.17, 15) is 0 Å². The number of nitrogens with zero attached hydrogens (tertiary/aromatic N) is 6. The minimum atomic E-state index is 0.648. The molecule has 0 aromatic rings. The van der Waals surface area contributed by atoms with Crippen molar-refractivity contribution < 1.29 is 0 Å². The summed E-state index contributed by atoms with van der Waals surface area (Å²) in [6, 6.07) is 0. The first-order chi connectivity index (χ1) is 10.1. The van der Waals surface area contributed by atoms with Crippen LogP contribution in [0.5, 0.6) is 0 Å². The maximum atomic E-state index is 5.52. The second-order valence-corrected chi connectivity index (χ2v) is 5.33. The third kappa shape index (κ3) is 3.26. The summed E-state index contributed by atoms with van der Waals surface area (Å²) < 4.78 is 1.75. The Morgan fingerprint density at radius 1 is 1.10 bits per heavy atom. The lowest BCUT2D eigenvalue weighted by atomic mass is 10.3. The van der Waals surface area contributed by atoms with Crippen LogP contribution in [0.15, 0.2) is 0 Å². The minimum absolute atomic E-state index is 0.648. The molecule has 0 spiro atoms. The average Bonchev–Trinajstić information content (AvgIpc) is 2.83. The second-order valence-electron chi connectivity index (χ2n) is 4.94. The summed E-state index contributed by atoms with van der Waals surface area (Å²) in [5.41, 5.74) is 4.66. The van der Waals surface area contributed by atoms with E-state index in [4.69, 9.17) is 12.2 Å². The quantitative estimate of drug-likeness (QED) is 0.844. The van der Waals surface area contributed by atoms with Crippen LogP contribution >= 0.6 is 12.2 Å². The van der Waals surface area contributed by atoms with Crippen molar-refractivity contribution in [3.63, 3.8) is 0 Å². The van der Waals surface area contributed by atoms with Crippen molar-refractivity contribution in [2.24, 2.45) is 0 Å². The number of rotatable bonds is 5. The lowest BCUT2D eigenvalue weighted by Crippen LogP contribution is -2.40. The van der Waals surface area contributed by atoms with Crippen LogP contribution in [0.3, 0.4) is 0 Å². The molecule has 7 nitrogen and oxygen atoms in total. The molecule has 2 aliphatic rings. The Kier molecular flexibility index (Phi) is 5.00. The number of aromatic nitrogens is 5. The minimum Gasteiger partial charge on any atom is -0.348 e. The van der Waals surface area contributed by atoms with E-state index in [0.717, 1.165) is 31.6 Å². The third-order valence-corrected chi connectivity index (χ3v) is 3.51. The predicted octanol–water partition coefficient (Wildman–Crippen LogP) is 1.74. The van der Waals surface area contributed by atoms with Crippen molar-refractivity contribution in [3.8, 4) is 11.5 Å². The number of fused-ring (bicyclic) bond motifs is 1. The Bertz CT molecular complexity index is 589. The van der Waals surface area contributed by atoms with Gasteiger partial charge in [0.2, 0.25) is 5.82 Å². The molecule has 2 aliphatic heterocycles. The highest BCUT2D eigenvalue weighted by Gasteiger charge is 2.20. The van der Waals surface area contributed by atoms with Gasteiger partial charge < -0.3 is 4.90 Å². The Morgan fingerprint density at radius 3 is 2.38 bits per heavy atom. The van der Waals surface area contributed by atoms with E-state index in [2.05, 4.69) is 44.6 Å². The summed E-state index contributed by atoms with van der Waals surface area (Å²) in [6.45, 7) is 9.85. The summed E-state index contributed by atoms with van der Waals surface area (Å²) >= 11 is 5.52. The molecule has 0 unspecified atom stereocenters. The van der Waals surface area contributed by atoms with Crippen LogP contribution in [0.25, 0.3) is 11.5 Å². The first-order valence-electron chi connectivity index (χ1n) is 7.19. The fraction of sp³-hybridized carbons (Fsp3) is 0.615. The molecule has 0 saturated heterocycles. The zero-order valence-electron chi connectivity index (χ0n) is 12.9. The van der Waals surface area contributed by atoms with Crippen molar-refractivity contribution in [2.75, 3.05) is 18.5 Å². The van der Waals surface area contributed by atoms with E-state index in [1.807, 2.05) is 13.8 Å². The summed E-state index contributed by atoms with van der Waals surface area (Å²) in [5, 5.41) is 17.1. The maximum absolute atomic E-state index is 5.52. The van der Waals surface area contributed by atoms with Crippen LogP contribution in [-0.4, -0.2) is 48.2 Å². The Labute approximate surface area is 130 Å². The molecule has 0 bridgehead atoms. The zero-order valence-corrected chi connectivity index (χ0v) is 13.7. The van der Waals surface area contributed by atoms with Crippen LogP contribution in [0.1, 0.15) is 38.2 Å². The number of nitrogens with one attached hydrogen (secondary N) is 1. The smallest absolute Gasteiger partial charge is 0.205 e. The summed E-state index contributed by atoms with van der Waals surface area (Å²) in [6.07, 6.45) is 2.09. The maximum Gasteiger partial charge on any atom is 0.205 e. The van der Waals surface area contributed by atoms with Gasteiger partial charge in [0.25, 0.3) is 0 Å². The SMILES string of the molecule is CCCN(CCC)C(=S)Nn1c(C)nnc2c(C)nnc1-2. The highest BCUT2D eigenvalue weighted by atomic mass is 32.1. The highest BCUT2D eigenvalue weighted by Crippen LogP contribution is 2.18. The lowest BCUT2D eigenvalue weighted by Gasteiger charge is -2.26. The third-order valence-electron chi connectivity index (χ3n) is 3.16. The predicted molar refractivity (Wildman–Crippen MR) is 85.8 cm³/mol. The van der Waals surface area contributed by atoms with Crippen molar-refractivity contribution in [2.45, 2.75) is 40.5 Å². The van der Waals surface area contributed by atoms with E-state index in [1.165, 1.54) is 0 Å². The molecule has 1 N–H and O–H groups in total. The van der Waals surface area contributed by atoms with E-state index in [0.29, 0.717) is 22.5 Å². The molecule has 21 heavy (non-hydrogen) atoms. The molecule has 8 heteroatoms. The largest absolute Gasteiger partial charge is 0.348 e. The monoisotopic (exact) mass is 307 g/mol. The Balaban J connectivity index is 2.25. The molecular weight excluding hydrogens is 286 g/mol. The van der Waals surface area contributed by atoms with Gasteiger partial charge in [-0.05, 0) is 38.9 Å². The molecule has 0 amide bonds. The highest BCUT2D eigenvalue weighted by molar-refractivity contribution is 7.80. The second kappa shape index (κ2) is 6.75. The molecule has 0 radical (unpaired) electrons. The molecular formula is C13H21N7S. The molecule has 0 fully saturated rings. The normalized spacial score (nSPS) is 10.9. The lowest BCUT2D eigenvalue weighted by molar-refractivity contribution is 0.419. The zero-order chi connectivity index (χ0) is 15.4.